The van der Waals surface area contributed by atoms with Crippen molar-refractivity contribution in [2.75, 3.05) is 5.32 Å². The lowest BCUT2D eigenvalue weighted by molar-refractivity contribution is -0.136. The lowest BCUT2D eigenvalue weighted by Crippen LogP contribution is -2.39. The molecule has 0 heterocycles. The van der Waals surface area contributed by atoms with Crippen LogP contribution in [0.3, 0.4) is 0 Å². The second-order valence-corrected chi connectivity index (χ2v) is 4.54. The Kier molecular flexibility index (Phi) is 4.89. The maximum atomic E-state index is 11.7. The third kappa shape index (κ3) is 3.58. The molecule has 0 aromatic heterocycles. The van der Waals surface area contributed by atoms with Gasteiger partial charge in [0.15, 0.2) is 0 Å². The van der Waals surface area contributed by atoms with Gasteiger partial charge in [-0.15, -0.1) is 0 Å². The van der Waals surface area contributed by atoms with Gasteiger partial charge in [-0.25, -0.2) is 0 Å². The van der Waals surface area contributed by atoms with E-state index in [0.29, 0.717) is 0 Å². The van der Waals surface area contributed by atoms with Crippen LogP contribution in [-0.4, -0.2) is 17.9 Å². The predicted octanol–water partition coefficient (Wildman–Crippen LogP) is 2.02. The lowest BCUT2D eigenvalue weighted by atomic mass is 10.1. The minimum absolute atomic E-state index is 0.0502. The first kappa shape index (κ1) is 14.2. The van der Waals surface area contributed by atoms with Crippen molar-refractivity contribution in [3.63, 3.8) is 0 Å². The summed E-state index contributed by atoms with van der Waals surface area (Å²) in [4.78, 5) is 23.3. The third-order valence-corrected chi connectivity index (χ3v) is 2.60. The van der Waals surface area contributed by atoms with Crippen molar-refractivity contribution in [1.29, 1.82) is 0 Å². The second kappa shape index (κ2) is 6.19. The predicted molar refractivity (Wildman–Crippen MR) is 72.5 cm³/mol. The molecule has 4 nitrogen and oxygen atoms in total. The Morgan fingerprint density at radius 2 is 1.89 bits per heavy atom. The number of rotatable bonds is 3. The first-order valence-electron chi connectivity index (χ1n) is 6.16. The Bertz CT molecular complexity index is 453. The zero-order chi connectivity index (χ0) is 13.7. The van der Waals surface area contributed by atoms with E-state index in [1.165, 1.54) is 0 Å². The molecule has 2 amide bonds. The number of anilines is 1. The Balaban J connectivity index is 2.85. The highest BCUT2D eigenvalue weighted by Crippen LogP contribution is 2.20. The van der Waals surface area contributed by atoms with E-state index in [1.807, 2.05) is 45.9 Å². The van der Waals surface area contributed by atoms with Crippen LogP contribution in [0.5, 0.6) is 0 Å². The van der Waals surface area contributed by atoms with Gasteiger partial charge in [-0.05, 0) is 38.3 Å². The fourth-order valence-corrected chi connectivity index (χ4v) is 1.70. The van der Waals surface area contributed by atoms with Crippen molar-refractivity contribution in [3.05, 3.63) is 29.3 Å². The molecule has 0 aliphatic heterocycles. The number of hydrogen-bond acceptors (Lipinski definition) is 2. The molecule has 0 aliphatic rings. The standard InChI is InChI=1S/C14H20N2O2/c1-5-11-8-6-7-10(4)12(11)16-14(18)13(17)15-9(2)3/h6-9H,5H2,1-4H3,(H,15,17)(H,16,18). The van der Waals surface area contributed by atoms with Gasteiger partial charge in [-0.3, -0.25) is 9.59 Å². The number of hydrogen-bond donors (Lipinski definition) is 2. The first-order valence-corrected chi connectivity index (χ1v) is 6.16. The molecular weight excluding hydrogens is 228 g/mol. The van der Waals surface area contributed by atoms with E-state index in [2.05, 4.69) is 10.6 Å². The minimum atomic E-state index is -0.618. The number of carbonyl (C=O) groups is 2. The topological polar surface area (TPSA) is 58.2 Å². The molecule has 1 rings (SSSR count). The van der Waals surface area contributed by atoms with Crippen LogP contribution in [0.25, 0.3) is 0 Å². The van der Waals surface area contributed by atoms with E-state index in [1.54, 1.807) is 0 Å². The van der Waals surface area contributed by atoms with Gasteiger partial charge in [0.05, 0.1) is 0 Å². The maximum absolute atomic E-state index is 11.7. The van der Waals surface area contributed by atoms with Crippen molar-refractivity contribution in [2.45, 2.75) is 40.2 Å². The molecule has 4 heteroatoms. The van der Waals surface area contributed by atoms with Crippen LogP contribution < -0.4 is 10.6 Å². The largest absolute Gasteiger partial charge is 0.346 e. The summed E-state index contributed by atoms with van der Waals surface area (Å²) in [5.41, 5.74) is 2.73. The number of para-hydroxylation sites is 1. The van der Waals surface area contributed by atoms with Gasteiger partial charge in [-0.1, -0.05) is 25.1 Å². The molecule has 0 saturated carbocycles. The summed E-state index contributed by atoms with van der Waals surface area (Å²) in [6.07, 6.45) is 0.809. The van der Waals surface area contributed by atoms with Crippen molar-refractivity contribution in [3.8, 4) is 0 Å². The molecule has 0 saturated heterocycles. The smallest absolute Gasteiger partial charge is 0.313 e. The summed E-state index contributed by atoms with van der Waals surface area (Å²) in [6, 6.07) is 5.75. The van der Waals surface area contributed by atoms with Crippen LogP contribution in [0.1, 0.15) is 31.9 Å². The van der Waals surface area contributed by atoms with Gasteiger partial charge in [0.2, 0.25) is 0 Å². The highest BCUT2D eigenvalue weighted by molar-refractivity contribution is 6.39. The summed E-state index contributed by atoms with van der Waals surface area (Å²) >= 11 is 0. The van der Waals surface area contributed by atoms with E-state index in [4.69, 9.17) is 0 Å². The average Bonchev–Trinajstić information content (AvgIpc) is 2.30. The molecular formula is C14H20N2O2. The van der Waals surface area contributed by atoms with Crippen LogP contribution in [-0.2, 0) is 16.0 Å². The van der Waals surface area contributed by atoms with Crippen molar-refractivity contribution >= 4 is 17.5 Å². The third-order valence-electron chi connectivity index (χ3n) is 2.60. The van der Waals surface area contributed by atoms with E-state index >= 15 is 0 Å². The summed E-state index contributed by atoms with van der Waals surface area (Å²) in [5, 5.41) is 5.25. The summed E-state index contributed by atoms with van der Waals surface area (Å²) in [7, 11) is 0. The maximum Gasteiger partial charge on any atom is 0.313 e. The molecule has 0 bridgehead atoms. The number of benzene rings is 1. The van der Waals surface area contributed by atoms with E-state index in [0.717, 1.165) is 23.2 Å². The number of amides is 2. The molecule has 1 aromatic carbocycles. The zero-order valence-corrected chi connectivity index (χ0v) is 11.3. The molecule has 0 unspecified atom stereocenters. The fraction of sp³-hybridized carbons (Fsp3) is 0.429. The van der Waals surface area contributed by atoms with Gasteiger partial charge in [0, 0.05) is 11.7 Å². The van der Waals surface area contributed by atoms with Crippen LogP contribution in [0.4, 0.5) is 5.69 Å². The monoisotopic (exact) mass is 248 g/mol. The Morgan fingerprint density at radius 3 is 2.44 bits per heavy atom. The van der Waals surface area contributed by atoms with Gasteiger partial charge >= 0.3 is 11.8 Å². The molecule has 2 N–H and O–H groups in total. The average molecular weight is 248 g/mol. The Labute approximate surface area is 108 Å². The summed E-state index contributed by atoms with van der Waals surface area (Å²) < 4.78 is 0. The highest BCUT2D eigenvalue weighted by atomic mass is 16.2. The first-order chi connectivity index (χ1) is 8.45. The summed E-state index contributed by atoms with van der Waals surface area (Å²) in [5.74, 6) is -1.22. The van der Waals surface area contributed by atoms with Crippen LogP contribution in [0.15, 0.2) is 18.2 Å². The van der Waals surface area contributed by atoms with Gasteiger partial charge in [0.1, 0.15) is 0 Å². The molecule has 0 radical (unpaired) electrons. The fourth-order valence-electron chi connectivity index (χ4n) is 1.70. The summed E-state index contributed by atoms with van der Waals surface area (Å²) in [6.45, 7) is 7.56. The van der Waals surface area contributed by atoms with E-state index < -0.39 is 11.8 Å². The number of nitrogens with one attached hydrogen (secondary N) is 2. The molecule has 0 spiro atoms. The Morgan fingerprint density at radius 1 is 1.22 bits per heavy atom. The van der Waals surface area contributed by atoms with Crippen molar-refractivity contribution in [2.24, 2.45) is 0 Å². The van der Waals surface area contributed by atoms with E-state index in [9.17, 15) is 9.59 Å². The van der Waals surface area contributed by atoms with Gasteiger partial charge in [0.25, 0.3) is 0 Å². The molecule has 1 aromatic rings. The van der Waals surface area contributed by atoms with Crippen LogP contribution in [0.2, 0.25) is 0 Å². The van der Waals surface area contributed by atoms with Crippen molar-refractivity contribution < 1.29 is 9.59 Å². The van der Waals surface area contributed by atoms with Gasteiger partial charge < -0.3 is 10.6 Å². The van der Waals surface area contributed by atoms with E-state index in [-0.39, 0.29) is 6.04 Å². The quantitative estimate of drug-likeness (QED) is 0.804. The number of aryl methyl sites for hydroxylation is 2. The minimum Gasteiger partial charge on any atom is -0.346 e. The van der Waals surface area contributed by atoms with Crippen molar-refractivity contribution in [1.82, 2.24) is 5.32 Å². The highest BCUT2D eigenvalue weighted by Gasteiger charge is 2.16. The zero-order valence-electron chi connectivity index (χ0n) is 11.3. The molecule has 98 valence electrons. The Hall–Kier alpha value is -1.84. The van der Waals surface area contributed by atoms with Crippen LogP contribution in [0, 0.1) is 6.92 Å². The van der Waals surface area contributed by atoms with Crippen LogP contribution >= 0.6 is 0 Å². The molecule has 18 heavy (non-hydrogen) atoms. The molecule has 0 aliphatic carbocycles. The second-order valence-electron chi connectivity index (χ2n) is 4.54. The SMILES string of the molecule is CCc1cccc(C)c1NC(=O)C(=O)NC(C)C. The molecule has 0 fully saturated rings. The molecule has 0 atom stereocenters. The lowest BCUT2D eigenvalue weighted by Gasteiger charge is -2.13. The normalized spacial score (nSPS) is 10.3. The number of carbonyl (C=O) groups excluding carboxylic acids is 2. The van der Waals surface area contributed by atoms with Gasteiger partial charge in [-0.2, -0.15) is 0 Å².